The Bertz CT molecular complexity index is 917. The van der Waals surface area contributed by atoms with E-state index in [2.05, 4.69) is 10.3 Å². The number of carboxylic acids is 1. The van der Waals surface area contributed by atoms with Gasteiger partial charge in [0.15, 0.2) is 0 Å². The molecule has 3 N–H and O–H groups in total. The fraction of sp³-hybridized carbons (Fsp3) is 0.118. The molecule has 7 heteroatoms. The molecular formula is C17H15N3O4. The number of hydrogen-bond acceptors (Lipinski definition) is 4. The van der Waals surface area contributed by atoms with Crippen LogP contribution in [0.2, 0.25) is 0 Å². The number of fused-ring (bicyclic) bond motifs is 1. The van der Waals surface area contributed by atoms with Crippen LogP contribution in [0, 0.1) is 10.1 Å². The maximum atomic E-state index is 11.3. The first-order valence-corrected chi connectivity index (χ1v) is 7.37. The molecule has 0 aliphatic carbocycles. The standard InChI is InChI=1S/C17H15N3O4/c21-17(22)14-6-5-12(20(23)24)9-16(14)18-8-7-11-10-19-15-4-2-1-3-13(11)15/h1-6,9-10,18-19H,7-8H2,(H,21,22). The van der Waals surface area contributed by atoms with Gasteiger partial charge in [0.2, 0.25) is 0 Å². The van der Waals surface area contributed by atoms with Gasteiger partial charge in [-0.3, -0.25) is 10.1 Å². The Morgan fingerprint density at radius 3 is 2.79 bits per heavy atom. The average molecular weight is 325 g/mol. The highest BCUT2D eigenvalue weighted by Crippen LogP contribution is 2.23. The number of nitro groups is 1. The first-order chi connectivity index (χ1) is 11.6. The number of nitrogens with zero attached hydrogens (tertiary/aromatic N) is 1. The fourth-order valence-corrected chi connectivity index (χ4v) is 2.65. The lowest BCUT2D eigenvalue weighted by Crippen LogP contribution is -2.10. The molecule has 3 rings (SSSR count). The Morgan fingerprint density at radius 1 is 1.25 bits per heavy atom. The molecular weight excluding hydrogens is 310 g/mol. The second-order valence-electron chi connectivity index (χ2n) is 5.33. The monoisotopic (exact) mass is 325 g/mol. The highest BCUT2D eigenvalue weighted by atomic mass is 16.6. The Morgan fingerprint density at radius 2 is 2.04 bits per heavy atom. The molecule has 1 heterocycles. The maximum absolute atomic E-state index is 11.3. The summed E-state index contributed by atoms with van der Waals surface area (Å²) in [5.41, 5.74) is 2.25. The normalized spacial score (nSPS) is 10.7. The Labute approximate surface area is 137 Å². The molecule has 0 atom stereocenters. The summed E-state index contributed by atoms with van der Waals surface area (Å²) in [5, 5.41) is 24.2. The number of hydrogen-bond donors (Lipinski definition) is 3. The van der Waals surface area contributed by atoms with E-state index in [1.54, 1.807) is 0 Å². The molecule has 0 unspecified atom stereocenters. The predicted molar refractivity (Wildman–Crippen MR) is 90.5 cm³/mol. The summed E-state index contributed by atoms with van der Waals surface area (Å²) in [6.07, 6.45) is 2.57. The fourth-order valence-electron chi connectivity index (χ4n) is 2.65. The van der Waals surface area contributed by atoms with Gasteiger partial charge in [-0.25, -0.2) is 4.79 Å². The van der Waals surface area contributed by atoms with Gasteiger partial charge < -0.3 is 15.4 Å². The summed E-state index contributed by atoms with van der Waals surface area (Å²) >= 11 is 0. The molecule has 0 saturated heterocycles. The van der Waals surface area contributed by atoms with Crippen molar-refractivity contribution >= 4 is 28.2 Å². The topological polar surface area (TPSA) is 108 Å². The van der Waals surface area contributed by atoms with Gasteiger partial charge >= 0.3 is 5.97 Å². The van der Waals surface area contributed by atoms with E-state index in [1.165, 1.54) is 18.2 Å². The van der Waals surface area contributed by atoms with Crippen molar-refractivity contribution in [1.82, 2.24) is 4.98 Å². The van der Waals surface area contributed by atoms with E-state index in [0.717, 1.165) is 16.5 Å². The zero-order valence-electron chi connectivity index (χ0n) is 12.7. The van der Waals surface area contributed by atoms with E-state index in [1.807, 2.05) is 30.5 Å². The molecule has 24 heavy (non-hydrogen) atoms. The molecule has 0 aliphatic heterocycles. The van der Waals surface area contributed by atoms with E-state index in [4.69, 9.17) is 0 Å². The van der Waals surface area contributed by atoms with Gasteiger partial charge in [-0.05, 0) is 24.1 Å². The smallest absolute Gasteiger partial charge is 0.337 e. The number of aromatic nitrogens is 1. The maximum Gasteiger partial charge on any atom is 0.337 e. The first-order valence-electron chi connectivity index (χ1n) is 7.37. The number of para-hydroxylation sites is 1. The van der Waals surface area contributed by atoms with Gasteiger partial charge in [0.1, 0.15) is 0 Å². The van der Waals surface area contributed by atoms with Crippen molar-refractivity contribution in [2.75, 3.05) is 11.9 Å². The SMILES string of the molecule is O=C(O)c1ccc([N+](=O)[O-])cc1NCCc1c[nH]c2ccccc12. The van der Waals surface area contributed by atoms with Crippen LogP contribution in [0.3, 0.4) is 0 Å². The van der Waals surface area contributed by atoms with Crippen molar-refractivity contribution in [2.45, 2.75) is 6.42 Å². The number of aromatic carboxylic acids is 1. The molecule has 0 fully saturated rings. The van der Waals surface area contributed by atoms with Gasteiger partial charge in [0.25, 0.3) is 5.69 Å². The summed E-state index contributed by atoms with van der Waals surface area (Å²) in [7, 11) is 0. The van der Waals surface area contributed by atoms with E-state index in [-0.39, 0.29) is 16.9 Å². The second kappa shape index (κ2) is 6.41. The number of anilines is 1. The largest absolute Gasteiger partial charge is 0.478 e. The van der Waals surface area contributed by atoms with Crippen molar-refractivity contribution in [2.24, 2.45) is 0 Å². The van der Waals surface area contributed by atoms with Crippen molar-refractivity contribution in [3.8, 4) is 0 Å². The first kappa shape index (κ1) is 15.5. The number of aromatic amines is 1. The number of H-pyrrole nitrogens is 1. The molecule has 122 valence electrons. The van der Waals surface area contributed by atoms with Crippen LogP contribution in [0.25, 0.3) is 10.9 Å². The second-order valence-corrected chi connectivity index (χ2v) is 5.33. The number of nitro benzene ring substituents is 1. The summed E-state index contributed by atoms with van der Waals surface area (Å²) < 4.78 is 0. The van der Waals surface area contributed by atoms with E-state index >= 15 is 0 Å². The summed E-state index contributed by atoms with van der Waals surface area (Å²) in [6.45, 7) is 0.462. The van der Waals surface area contributed by atoms with Crippen molar-refractivity contribution in [3.05, 3.63) is 69.9 Å². The van der Waals surface area contributed by atoms with Gasteiger partial charge in [-0.2, -0.15) is 0 Å². The number of nitrogens with one attached hydrogen (secondary N) is 2. The van der Waals surface area contributed by atoms with Crippen LogP contribution in [-0.2, 0) is 6.42 Å². The molecule has 0 saturated carbocycles. The van der Waals surface area contributed by atoms with Crippen LogP contribution in [0.1, 0.15) is 15.9 Å². The van der Waals surface area contributed by atoms with Crippen LogP contribution in [0.4, 0.5) is 11.4 Å². The lowest BCUT2D eigenvalue weighted by Gasteiger charge is -2.09. The number of benzene rings is 2. The predicted octanol–water partition coefficient (Wildman–Crippen LogP) is 3.43. The molecule has 0 amide bonds. The van der Waals surface area contributed by atoms with Crippen molar-refractivity contribution < 1.29 is 14.8 Å². The number of carboxylic acid groups (broad SMARTS) is 1. The summed E-state index contributed by atoms with van der Waals surface area (Å²) in [6, 6.07) is 11.6. The molecule has 3 aromatic rings. The highest BCUT2D eigenvalue weighted by Gasteiger charge is 2.15. The van der Waals surface area contributed by atoms with E-state index < -0.39 is 10.9 Å². The Kier molecular flexibility index (Phi) is 4.15. The lowest BCUT2D eigenvalue weighted by molar-refractivity contribution is -0.384. The van der Waals surface area contributed by atoms with Crippen LogP contribution in [-0.4, -0.2) is 27.5 Å². The number of rotatable bonds is 6. The van der Waals surface area contributed by atoms with Crippen LogP contribution < -0.4 is 5.32 Å². The molecule has 0 bridgehead atoms. The van der Waals surface area contributed by atoms with Crippen LogP contribution >= 0.6 is 0 Å². The van der Waals surface area contributed by atoms with Gasteiger partial charge in [-0.15, -0.1) is 0 Å². The summed E-state index contributed by atoms with van der Waals surface area (Å²) in [5.74, 6) is -1.13. The van der Waals surface area contributed by atoms with E-state index in [9.17, 15) is 20.0 Å². The Hall–Kier alpha value is -3.35. The minimum atomic E-state index is -1.13. The van der Waals surface area contributed by atoms with Crippen molar-refractivity contribution in [3.63, 3.8) is 0 Å². The number of non-ortho nitro benzene ring substituents is 1. The molecule has 0 spiro atoms. The average Bonchev–Trinajstić information content (AvgIpc) is 2.98. The zero-order chi connectivity index (χ0) is 17.1. The van der Waals surface area contributed by atoms with Crippen molar-refractivity contribution in [1.29, 1.82) is 0 Å². The van der Waals surface area contributed by atoms with Gasteiger partial charge in [-0.1, -0.05) is 18.2 Å². The zero-order valence-corrected chi connectivity index (χ0v) is 12.7. The third-order valence-electron chi connectivity index (χ3n) is 3.83. The molecule has 0 aliphatic rings. The molecule has 2 aromatic carbocycles. The lowest BCUT2D eigenvalue weighted by atomic mass is 10.1. The van der Waals surface area contributed by atoms with E-state index in [0.29, 0.717) is 13.0 Å². The van der Waals surface area contributed by atoms with Crippen LogP contribution in [0.15, 0.2) is 48.7 Å². The third-order valence-corrected chi connectivity index (χ3v) is 3.83. The van der Waals surface area contributed by atoms with Crippen LogP contribution in [0.5, 0.6) is 0 Å². The quantitative estimate of drug-likeness (QED) is 0.475. The Balaban J connectivity index is 1.77. The van der Waals surface area contributed by atoms with Gasteiger partial charge in [0, 0.05) is 35.8 Å². The highest BCUT2D eigenvalue weighted by molar-refractivity contribution is 5.94. The minimum Gasteiger partial charge on any atom is -0.478 e. The molecule has 7 nitrogen and oxygen atoms in total. The minimum absolute atomic E-state index is 0.0135. The van der Waals surface area contributed by atoms with Gasteiger partial charge in [0.05, 0.1) is 16.2 Å². The molecule has 1 aromatic heterocycles. The number of carbonyl (C=O) groups is 1. The summed E-state index contributed by atoms with van der Waals surface area (Å²) in [4.78, 5) is 24.8. The molecule has 0 radical (unpaired) electrons. The third kappa shape index (κ3) is 3.05.